The van der Waals surface area contributed by atoms with Gasteiger partial charge in [-0.15, -0.1) is 0 Å². The van der Waals surface area contributed by atoms with Crippen molar-refractivity contribution in [3.63, 3.8) is 0 Å². The van der Waals surface area contributed by atoms with Gasteiger partial charge in [-0.3, -0.25) is 4.90 Å². The maximum atomic E-state index is 12.9. The highest BCUT2D eigenvalue weighted by Gasteiger charge is 2.35. The fraction of sp³-hybridized carbons (Fsp3) is 0.565. The molecular formula is C23H30F3N3O2. The molecule has 2 aromatic rings. The van der Waals surface area contributed by atoms with Gasteiger partial charge in [-0.1, -0.05) is 19.1 Å². The number of alkyl halides is 3. The molecule has 1 unspecified atom stereocenters. The van der Waals surface area contributed by atoms with Crippen LogP contribution in [0.25, 0.3) is 0 Å². The SMILES string of the molecule is CCCc1ncc2n1CCN(C(=O)OC(C)(C)C)C2CCc1ccc(C(F)(F)F)cc1. The third-order valence-corrected chi connectivity index (χ3v) is 5.34. The van der Waals surface area contributed by atoms with E-state index >= 15 is 0 Å². The lowest BCUT2D eigenvalue weighted by Gasteiger charge is -2.38. The molecule has 1 aromatic carbocycles. The summed E-state index contributed by atoms with van der Waals surface area (Å²) in [6, 6.07) is 4.97. The number of aryl methyl sites for hydroxylation is 2. The third kappa shape index (κ3) is 5.60. The minimum atomic E-state index is -4.35. The first kappa shape index (κ1) is 23.2. The number of fused-ring (bicyclic) bond motifs is 1. The fourth-order valence-electron chi connectivity index (χ4n) is 3.91. The number of imidazole rings is 1. The Labute approximate surface area is 181 Å². The minimum absolute atomic E-state index is 0.246. The molecule has 1 atom stereocenters. The molecule has 31 heavy (non-hydrogen) atoms. The molecule has 0 saturated carbocycles. The van der Waals surface area contributed by atoms with E-state index in [9.17, 15) is 18.0 Å². The van der Waals surface area contributed by atoms with Crippen molar-refractivity contribution in [1.82, 2.24) is 14.5 Å². The first-order valence-corrected chi connectivity index (χ1v) is 10.7. The Kier molecular flexibility index (Phi) is 6.67. The molecule has 0 saturated heterocycles. The minimum Gasteiger partial charge on any atom is -0.444 e. The molecule has 0 fully saturated rings. The number of ether oxygens (including phenoxy) is 1. The number of hydrogen-bond acceptors (Lipinski definition) is 3. The van der Waals surface area contributed by atoms with Crippen molar-refractivity contribution >= 4 is 6.09 Å². The fourth-order valence-corrected chi connectivity index (χ4v) is 3.91. The first-order chi connectivity index (χ1) is 14.5. The quantitative estimate of drug-likeness (QED) is 0.596. The van der Waals surface area contributed by atoms with Crippen LogP contribution >= 0.6 is 0 Å². The van der Waals surface area contributed by atoms with Gasteiger partial charge < -0.3 is 9.30 Å². The molecule has 8 heteroatoms. The maximum Gasteiger partial charge on any atom is 0.416 e. The van der Waals surface area contributed by atoms with Crippen LogP contribution in [0.2, 0.25) is 0 Å². The number of halogens is 3. The summed E-state index contributed by atoms with van der Waals surface area (Å²) >= 11 is 0. The number of rotatable bonds is 5. The van der Waals surface area contributed by atoms with Gasteiger partial charge in [0.15, 0.2) is 0 Å². The van der Waals surface area contributed by atoms with E-state index in [0.29, 0.717) is 25.9 Å². The van der Waals surface area contributed by atoms with Gasteiger partial charge in [0.05, 0.1) is 23.5 Å². The van der Waals surface area contributed by atoms with Crippen LogP contribution in [0.3, 0.4) is 0 Å². The van der Waals surface area contributed by atoms with E-state index < -0.39 is 17.3 Å². The lowest BCUT2D eigenvalue weighted by molar-refractivity contribution is -0.137. The van der Waals surface area contributed by atoms with Crippen LogP contribution in [0.4, 0.5) is 18.0 Å². The van der Waals surface area contributed by atoms with E-state index in [1.54, 1.807) is 4.90 Å². The Balaban J connectivity index is 1.82. The average molecular weight is 438 g/mol. The van der Waals surface area contributed by atoms with Crippen molar-refractivity contribution in [2.24, 2.45) is 0 Å². The van der Waals surface area contributed by atoms with E-state index in [0.717, 1.165) is 42.1 Å². The molecule has 1 amide bonds. The van der Waals surface area contributed by atoms with Crippen LogP contribution < -0.4 is 0 Å². The molecule has 5 nitrogen and oxygen atoms in total. The van der Waals surface area contributed by atoms with Crippen molar-refractivity contribution in [3.8, 4) is 0 Å². The van der Waals surface area contributed by atoms with Crippen LogP contribution in [-0.4, -0.2) is 32.7 Å². The number of carbonyl (C=O) groups is 1. The Hall–Kier alpha value is -2.51. The van der Waals surface area contributed by atoms with Crippen LogP contribution in [0.15, 0.2) is 30.5 Å². The van der Waals surface area contributed by atoms with E-state index in [-0.39, 0.29) is 12.1 Å². The summed E-state index contributed by atoms with van der Waals surface area (Å²) in [7, 11) is 0. The predicted octanol–water partition coefficient (Wildman–Crippen LogP) is 5.78. The van der Waals surface area contributed by atoms with Gasteiger partial charge in [-0.25, -0.2) is 9.78 Å². The molecule has 0 aliphatic carbocycles. The van der Waals surface area contributed by atoms with Crippen molar-refractivity contribution in [2.45, 2.75) is 77.7 Å². The largest absolute Gasteiger partial charge is 0.444 e. The number of aromatic nitrogens is 2. The molecule has 0 spiro atoms. The van der Waals surface area contributed by atoms with Gasteiger partial charge >= 0.3 is 12.3 Å². The Morgan fingerprint density at radius 3 is 2.39 bits per heavy atom. The first-order valence-electron chi connectivity index (χ1n) is 10.7. The lowest BCUT2D eigenvalue weighted by atomic mass is 9.99. The van der Waals surface area contributed by atoms with Crippen LogP contribution in [-0.2, 0) is 30.3 Å². The standard InChI is InChI=1S/C23H30F3N3O2/c1-5-6-20-27-15-19-18(12-9-16-7-10-17(11-8-16)23(24,25)26)29(14-13-28(19)20)21(30)31-22(2,3)4/h7-8,10-11,15,18H,5-6,9,12-14H2,1-4H3. The molecular weight excluding hydrogens is 407 g/mol. The normalized spacial score (nSPS) is 16.9. The van der Waals surface area contributed by atoms with E-state index in [2.05, 4.69) is 16.5 Å². The lowest BCUT2D eigenvalue weighted by Crippen LogP contribution is -2.45. The third-order valence-electron chi connectivity index (χ3n) is 5.34. The molecule has 0 bridgehead atoms. The van der Waals surface area contributed by atoms with Crippen LogP contribution in [0, 0.1) is 0 Å². The van der Waals surface area contributed by atoms with Gasteiger partial charge in [-0.05, 0) is 57.7 Å². The number of nitrogens with zero attached hydrogens (tertiary/aromatic N) is 3. The zero-order valence-electron chi connectivity index (χ0n) is 18.5. The van der Waals surface area contributed by atoms with Gasteiger partial charge in [0, 0.05) is 19.5 Å². The average Bonchev–Trinajstić information content (AvgIpc) is 3.08. The molecule has 1 aliphatic rings. The summed E-state index contributed by atoms with van der Waals surface area (Å²) < 4.78 is 46.3. The summed E-state index contributed by atoms with van der Waals surface area (Å²) in [5.74, 6) is 1.00. The second kappa shape index (κ2) is 8.93. The molecule has 0 N–H and O–H groups in total. The summed E-state index contributed by atoms with van der Waals surface area (Å²) in [6.07, 6.45) is 0.0318. The highest BCUT2D eigenvalue weighted by atomic mass is 19.4. The number of carbonyl (C=O) groups excluding carboxylic acids is 1. The molecule has 0 radical (unpaired) electrons. The van der Waals surface area contributed by atoms with E-state index in [1.165, 1.54) is 12.1 Å². The van der Waals surface area contributed by atoms with Crippen LogP contribution in [0.1, 0.15) is 69.2 Å². The molecule has 1 aliphatic heterocycles. The summed E-state index contributed by atoms with van der Waals surface area (Å²) in [6.45, 7) is 8.74. The number of hydrogen-bond donors (Lipinski definition) is 0. The van der Waals surface area contributed by atoms with Crippen molar-refractivity contribution in [1.29, 1.82) is 0 Å². The van der Waals surface area contributed by atoms with Crippen LogP contribution in [0.5, 0.6) is 0 Å². The maximum absolute atomic E-state index is 12.9. The van der Waals surface area contributed by atoms with Crippen molar-refractivity contribution in [3.05, 3.63) is 53.1 Å². The zero-order chi connectivity index (χ0) is 22.8. The van der Waals surface area contributed by atoms with Gasteiger partial charge in [0.2, 0.25) is 0 Å². The van der Waals surface area contributed by atoms with Crippen molar-refractivity contribution in [2.75, 3.05) is 6.54 Å². The highest BCUT2D eigenvalue weighted by Crippen LogP contribution is 2.33. The second-order valence-electron chi connectivity index (χ2n) is 8.92. The Bertz CT molecular complexity index is 898. The van der Waals surface area contributed by atoms with Gasteiger partial charge in [0.25, 0.3) is 0 Å². The summed E-state index contributed by atoms with van der Waals surface area (Å²) in [5, 5.41) is 0. The van der Waals surface area contributed by atoms with Gasteiger partial charge in [0.1, 0.15) is 11.4 Å². The van der Waals surface area contributed by atoms with E-state index in [4.69, 9.17) is 4.74 Å². The Morgan fingerprint density at radius 1 is 1.13 bits per heavy atom. The topological polar surface area (TPSA) is 47.4 Å². The molecule has 2 heterocycles. The Morgan fingerprint density at radius 2 is 1.81 bits per heavy atom. The van der Waals surface area contributed by atoms with E-state index in [1.807, 2.05) is 27.0 Å². The summed E-state index contributed by atoms with van der Waals surface area (Å²) in [4.78, 5) is 19.2. The van der Waals surface area contributed by atoms with Gasteiger partial charge in [-0.2, -0.15) is 13.2 Å². The highest BCUT2D eigenvalue weighted by molar-refractivity contribution is 5.69. The molecule has 3 rings (SSSR count). The predicted molar refractivity (Wildman–Crippen MR) is 112 cm³/mol. The monoisotopic (exact) mass is 437 g/mol. The second-order valence-corrected chi connectivity index (χ2v) is 8.92. The smallest absolute Gasteiger partial charge is 0.416 e. The molecule has 170 valence electrons. The van der Waals surface area contributed by atoms with Crippen molar-refractivity contribution < 1.29 is 22.7 Å². The zero-order valence-corrected chi connectivity index (χ0v) is 18.5. The number of benzene rings is 1. The number of amides is 1. The summed E-state index contributed by atoms with van der Waals surface area (Å²) in [5.41, 5.74) is 0.474. The molecule has 1 aromatic heterocycles.